The van der Waals surface area contributed by atoms with Crippen LogP contribution in [0, 0.1) is 0 Å². The molecule has 0 radical (unpaired) electrons. The Kier molecular flexibility index (Phi) is 4.61. The van der Waals surface area contributed by atoms with E-state index in [4.69, 9.17) is 9.79 Å². The molecule has 0 saturated carbocycles. The number of benzene rings is 2. The molecule has 0 aliphatic heterocycles. The molecular formula is C15H17O4P. The highest BCUT2D eigenvalue weighted by Gasteiger charge is 2.15. The van der Waals surface area contributed by atoms with Crippen molar-refractivity contribution < 1.29 is 18.9 Å². The van der Waals surface area contributed by atoms with E-state index >= 15 is 0 Å². The van der Waals surface area contributed by atoms with Crippen LogP contribution in [0.5, 0.6) is 5.75 Å². The minimum atomic E-state index is -4.49. The Balaban J connectivity index is 2.15. The summed E-state index contributed by atoms with van der Waals surface area (Å²) in [6.07, 6.45) is 2.18. The lowest BCUT2D eigenvalue weighted by Gasteiger charge is -2.08. The summed E-state index contributed by atoms with van der Waals surface area (Å²) in [5, 5.41) is 0. The highest BCUT2D eigenvalue weighted by Crippen LogP contribution is 2.37. The first-order valence-electron chi connectivity index (χ1n) is 6.42. The zero-order valence-corrected chi connectivity index (χ0v) is 12.1. The van der Waals surface area contributed by atoms with Crippen molar-refractivity contribution >= 4 is 7.82 Å². The Morgan fingerprint density at radius 3 is 1.90 bits per heavy atom. The number of hydrogen-bond acceptors (Lipinski definition) is 2. The third-order valence-corrected chi connectivity index (χ3v) is 3.35. The Morgan fingerprint density at radius 1 is 0.950 bits per heavy atom. The van der Waals surface area contributed by atoms with Crippen molar-refractivity contribution in [3.63, 3.8) is 0 Å². The Hall–Kier alpha value is -1.61. The first-order valence-corrected chi connectivity index (χ1v) is 7.95. The van der Waals surface area contributed by atoms with Crippen LogP contribution in [0.2, 0.25) is 0 Å². The molecular weight excluding hydrogens is 275 g/mol. The van der Waals surface area contributed by atoms with Gasteiger partial charge in [0.2, 0.25) is 0 Å². The van der Waals surface area contributed by atoms with E-state index < -0.39 is 7.82 Å². The molecule has 0 amide bonds. The molecule has 0 unspecified atom stereocenters. The minimum absolute atomic E-state index is 0.157. The van der Waals surface area contributed by atoms with Gasteiger partial charge in [-0.1, -0.05) is 49.7 Å². The van der Waals surface area contributed by atoms with Gasteiger partial charge in [-0.05, 0) is 35.2 Å². The molecule has 0 aromatic heterocycles. The van der Waals surface area contributed by atoms with Gasteiger partial charge in [0.25, 0.3) is 0 Å². The molecule has 0 saturated heterocycles. The Labute approximate surface area is 118 Å². The molecule has 5 heteroatoms. The van der Waals surface area contributed by atoms with Gasteiger partial charge >= 0.3 is 7.82 Å². The highest BCUT2D eigenvalue weighted by molar-refractivity contribution is 7.46. The molecule has 0 fully saturated rings. The molecule has 2 aromatic carbocycles. The molecule has 106 valence electrons. The average molecular weight is 292 g/mol. The van der Waals surface area contributed by atoms with Gasteiger partial charge in [-0.2, -0.15) is 0 Å². The van der Waals surface area contributed by atoms with Gasteiger partial charge in [0.05, 0.1) is 0 Å². The predicted octanol–water partition coefficient (Wildman–Crippen LogP) is 3.78. The molecule has 0 aliphatic carbocycles. The third-order valence-electron chi connectivity index (χ3n) is 2.90. The monoisotopic (exact) mass is 292 g/mol. The van der Waals surface area contributed by atoms with Crippen LogP contribution in [0.25, 0.3) is 11.1 Å². The SMILES string of the molecule is CCCc1ccc(-c2ccc(OP(=O)(O)O)cc2)cc1. The van der Waals surface area contributed by atoms with Gasteiger partial charge in [0, 0.05) is 0 Å². The number of rotatable bonds is 5. The standard InChI is InChI=1S/C15H17O4P/c1-2-3-12-4-6-13(7-5-12)14-8-10-15(11-9-14)19-20(16,17)18/h4-11H,2-3H2,1H3,(H2,16,17,18). The first-order chi connectivity index (χ1) is 9.48. The second-order valence-electron chi connectivity index (χ2n) is 4.55. The molecule has 0 heterocycles. The molecule has 4 nitrogen and oxygen atoms in total. The van der Waals surface area contributed by atoms with Gasteiger partial charge in [0.1, 0.15) is 5.75 Å². The van der Waals surface area contributed by atoms with Crippen molar-refractivity contribution in [1.82, 2.24) is 0 Å². The largest absolute Gasteiger partial charge is 0.524 e. The van der Waals surface area contributed by atoms with E-state index in [1.165, 1.54) is 5.56 Å². The molecule has 2 aromatic rings. The second-order valence-corrected chi connectivity index (χ2v) is 5.72. The topological polar surface area (TPSA) is 66.8 Å². The van der Waals surface area contributed by atoms with Crippen molar-refractivity contribution in [3.8, 4) is 16.9 Å². The van der Waals surface area contributed by atoms with Gasteiger partial charge in [-0.3, -0.25) is 9.79 Å². The van der Waals surface area contributed by atoms with E-state index in [1.54, 1.807) is 24.3 Å². The average Bonchev–Trinajstić information content (AvgIpc) is 2.39. The van der Waals surface area contributed by atoms with Crippen LogP contribution in [-0.4, -0.2) is 9.79 Å². The summed E-state index contributed by atoms with van der Waals surface area (Å²) in [6.45, 7) is 2.15. The lowest BCUT2D eigenvalue weighted by Crippen LogP contribution is -1.90. The van der Waals surface area contributed by atoms with Crippen molar-refractivity contribution in [2.24, 2.45) is 0 Å². The van der Waals surface area contributed by atoms with Gasteiger partial charge in [-0.15, -0.1) is 0 Å². The van der Waals surface area contributed by atoms with E-state index in [1.807, 2.05) is 12.1 Å². The maximum absolute atomic E-state index is 10.7. The van der Waals surface area contributed by atoms with Crippen LogP contribution in [-0.2, 0) is 11.0 Å². The molecule has 2 rings (SSSR count). The van der Waals surface area contributed by atoms with Crippen molar-refractivity contribution in [1.29, 1.82) is 0 Å². The van der Waals surface area contributed by atoms with Crippen LogP contribution in [0.1, 0.15) is 18.9 Å². The van der Waals surface area contributed by atoms with E-state index in [9.17, 15) is 4.57 Å². The smallest absolute Gasteiger partial charge is 0.404 e. The molecule has 20 heavy (non-hydrogen) atoms. The fourth-order valence-corrected chi connectivity index (χ4v) is 2.39. The van der Waals surface area contributed by atoms with Crippen LogP contribution in [0.15, 0.2) is 48.5 Å². The van der Waals surface area contributed by atoms with Crippen molar-refractivity contribution in [2.45, 2.75) is 19.8 Å². The second kappa shape index (κ2) is 6.23. The maximum Gasteiger partial charge on any atom is 0.524 e. The summed E-state index contributed by atoms with van der Waals surface area (Å²) in [5.74, 6) is 0.157. The van der Waals surface area contributed by atoms with E-state index in [0.717, 1.165) is 24.0 Å². The quantitative estimate of drug-likeness (QED) is 0.823. The van der Waals surface area contributed by atoms with E-state index in [-0.39, 0.29) is 5.75 Å². The van der Waals surface area contributed by atoms with Crippen LogP contribution < -0.4 is 4.52 Å². The molecule has 2 N–H and O–H groups in total. The van der Waals surface area contributed by atoms with Crippen LogP contribution in [0.4, 0.5) is 0 Å². The first kappa shape index (κ1) is 14.8. The normalized spacial score (nSPS) is 11.3. The van der Waals surface area contributed by atoms with Gasteiger partial charge in [0.15, 0.2) is 0 Å². The predicted molar refractivity (Wildman–Crippen MR) is 78.5 cm³/mol. The maximum atomic E-state index is 10.7. The molecule has 0 aliphatic rings. The van der Waals surface area contributed by atoms with Gasteiger partial charge < -0.3 is 4.52 Å². The summed E-state index contributed by atoms with van der Waals surface area (Å²) < 4.78 is 15.2. The van der Waals surface area contributed by atoms with Crippen LogP contribution in [0.3, 0.4) is 0 Å². The fourth-order valence-electron chi connectivity index (χ4n) is 2.00. The summed E-state index contributed by atoms with van der Waals surface area (Å²) in [7, 11) is -4.49. The number of hydrogen-bond donors (Lipinski definition) is 2. The van der Waals surface area contributed by atoms with E-state index in [2.05, 4.69) is 23.6 Å². The van der Waals surface area contributed by atoms with Gasteiger partial charge in [-0.25, -0.2) is 4.57 Å². The molecule has 0 spiro atoms. The Bertz CT molecular complexity index is 599. The minimum Gasteiger partial charge on any atom is -0.404 e. The zero-order chi connectivity index (χ0) is 14.6. The zero-order valence-electron chi connectivity index (χ0n) is 11.2. The van der Waals surface area contributed by atoms with Crippen molar-refractivity contribution in [3.05, 3.63) is 54.1 Å². The highest BCUT2D eigenvalue weighted by atomic mass is 31.2. The van der Waals surface area contributed by atoms with Crippen molar-refractivity contribution in [2.75, 3.05) is 0 Å². The number of aryl methyl sites for hydroxylation is 1. The summed E-state index contributed by atoms with van der Waals surface area (Å²) >= 11 is 0. The number of phosphoric ester groups is 1. The lowest BCUT2D eigenvalue weighted by molar-refractivity contribution is 0.283. The molecule has 0 bridgehead atoms. The third kappa shape index (κ3) is 4.20. The molecule has 0 atom stereocenters. The summed E-state index contributed by atoms with van der Waals surface area (Å²) in [4.78, 5) is 17.5. The Morgan fingerprint density at radius 2 is 1.45 bits per heavy atom. The van der Waals surface area contributed by atoms with Crippen LogP contribution >= 0.6 is 7.82 Å². The number of phosphoric acid groups is 1. The lowest BCUT2D eigenvalue weighted by atomic mass is 10.0. The van der Waals surface area contributed by atoms with E-state index in [0.29, 0.717) is 0 Å². The summed E-state index contributed by atoms with van der Waals surface area (Å²) in [6, 6.07) is 14.9. The fraction of sp³-hybridized carbons (Fsp3) is 0.200. The summed E-state index contributed by atoms with van der Waals surface area (Å²) in [5.41, 5.74) is 3.34.